The first kappa shape index (κ1) is 16.8. The van der Waals surface area contributed by atoms with Crippen LogP contribution in [0.25, 0.3) is 16.7 Å². The van der Waals surface area contributed by atoms with Crippen molar-refractivity contribution >= 4 is 11.0 Å². The van der Waals surface area contributed by atoms with Gasteiger partial charge in [-0.1, -0.05) is 31.2 Å². The first-order valence-corrected chi connectivity index (χ1v) is 9.28. The molecule has 4 heteroatoms. The molecule has 1 aliphatic rings. The number of hydrogen-bond acceptors (Lipinski definition) is 3. The van der Waals surface area contributed by atoms with Gasteiger partial charge in [0.05, 0.1) is 17.1 Å². The van der Waals surface area contributed by atoms with E-state index >= 15 is 0 Å². The lowest BCUT2D eigenvalue weighted by molar-refractivity contribution is 0.116. The van der Waals surface area contributed by atoms with Gasteiger partial charge in [0.25, 0.3) is 0 Å². The highest BCUT2D eigenvalue weighted by Crippen LogP contribution is 2.34. The van der Waals surface area contributed by atoms with E-state index in [0.717, 1.165) is 49.2 Å². The Balaban J connectivity index is 1.43. The third-order valence-electron chi connectivity index (χ3n) is 5.64. The third kappa shape index (κ3) is 3.36. The van der Waals surface area contributed by atoms with Crippen LogP contribution in [0.4, 0.5) is 0 Å². The molecule has 1 saturated heterocycles. The Morgan fingerprint density at radius 3 is 2.54 bits per heavy atom. The van der Waals surface area contributed by atoms with Gasteiger partial charge in [0, 0.05) is 18.7 Å². The predicted octanol–water partition coefficient (Wildman–Crippen LogP) is 4.54. The molecule has 0 spiro atoms. The number of aromatic nitrogens is 2. The fraction of sp³-hybridized carbons (Fsp3) is 0.364. The predicted molar refractivity (Wildman–Crippen MR) is 104 cm³/mol. The largest absolute Gasteiger partial charge is 0.299 e. The summed E-state index contributed by atoms with van der Waals surface area (Å²) in [7, 11) is 0. The monoisotopic (exact) mass is 344 g/mol. The Hall–Kier alpha value is -2.64. The van der Waals surface area contributed by atoms with E-state index in [-0.39, 0.29) is 5.41 Å². The maximum atomic E-state index is 8.99. The number of imidazole rings is 1. The first-order chi connectivity index (χ1) is 12.7. The normalized spacial score (nSPS) is 17.2. The first-order valence-electron chi connectivity index (χ1n) is 9.28. The summed E-state index contributed by atoms with van der Waals surface area (Å²) < 4.78 is 2.13. The average molecular weight is 344 g/mol. The van der Waals surface area contributed by atoms with Gasteiger partial charge in [-0.2, -0.15) is 5.26 Å². The minimum Gasteiger partial charge on any atom is -0.299 e. The minimum atomic E-state index is 0.206. The number of piperidine rings is 1. The van der Waals surface area contributed by atoms with Gasteiger partial charge < -0.3 is 0 Å². The van der Waals surface area contributed by atoms with Crippen LogP contribution in [0.2, 0.25) is 0 Å². The molecule has 2 aromatic carbocycles. The van der Waals surface area contributed by atoms with Gasteiger partial charge in [-0.05, 0) is 61.2 Å². The molecule has 0 aliphatic carbocycles. The zero-order valence-corrected chi connectivity index (χ0v) is 15.2. The van der Waals surface area contributed by atoms with Crippen molar-refractivity contribution in [2.24, 2.45) is 5.41 Å². The Morgan fingerprint density at radius 2 is 1.81 bits per heavy atom. The molecule has 2 heterocycles. The van der Waals surface area contributed by atoms with Crippen LogP contribution in [0.5, 0.6) is 0 Å². The van der Waals surface area contributed by atoms with Crippen molar-refractivity contribution in [3.05, 3.63) is 60.4 Å². The highest BCUT2D eigenvalue weighted by Gasteiger charge is 2.29. The smallest absolute Gasteiger partial charge is 0.100 e. The van der Waals surface area contributed by atoms with Gasteiger partial charge in [0.1, 0.15) is 6.33 Å². The maximum Gasteiger partial charge on any atom is 0.100 e. The van der Waals surface area contributed by atoms with Gasteiger partial charge in [-0.25, -0.2) is 4.98 Å². The van der Waals surface area contributed by atoms with E-state index in [0.29, 0.717) is 6.42 Å². The summed E-state index contributed by atoms with van der Waals surface area (Å²) in [6.07, 6.45) is 4.79. The van der Waals surface area contributed by atoms with Gasteiger partial charge in [0.15, 0.2) is 0 Å². The fourth-order valence-electron chi connectivity index (χ4n) is 3.80. The van der Waals surface area contributed by atoms with Crippen LogP contribution in [0.1, 0.15) is 31.7 Å². The number of nitriles is 1. The van der Waals surface area contributed by atoms with Crippen LogP contribution in [0.3, 0.4) is 0 Å². The van der Waals surface area contributed by atoms with Crippen molar-refractivity contribution in [1.29, 1.82) is 5.26 Å². The van der Waals surface area contributed by atoms with Gasteiger partial charge in [-0.3, -0.25) is 9.47 Å². The molecule has 0 saturated carbocycles. The van der Waals surface area contributed by atoms with Gasteiger partial charge in [0.2, 0.25) is 0 Å². The molecule has 132 valence electrons. The lowest BCUT2D eigenvalue weighted by atomic mass is 9.78. The van der Waals surface area contributed by atoms with Gasteiger partial charge in [-0.15, -0.1) is 0 Å². The molecular weight excluding hydrogens is 320 g/mol. The average Bonchev–Trinajstić information content (AvgIpc) is 3.09. The summed E-state index contributed by atoms with van der Waals surface area (Å²) in [6, 6.07) is 19.3. The van der Waals surface area contributed by atoms with E-state index in [1.54, 1.807) is 0 Å². The van der Waals surface area contributed by atoms with E-state index in [2.05, 4.69) is 57.8 Å². The zero-order chi connectivity index (χ0) is 18.0. The molecule has 4 nitrogen and oxygen atoms in total. The molecule has 3 aromatic rings. The summed E-state index contributed by atoms with van der Waals surface area (Å²) in [5.41, 5.74) is 4.83. The SMILES string of the molecule is CC1(CC#N)CCN(Cc2ccc(-n3cnc4ccccc43)cc2)CC1. The molecule has 1 aliphatic heterocycles. The van der Waals surface area contributed by atoms with Crippen LogP contribution in [-0.2, 0) is 6.54 Å². The number of benzene rings is 2. The second-order valence-electron chi connectivity index (χ2n) is 7.69. The molecule has 0 bridgehead atoms. The molecular formula is C22H24N4. The molecule has 26 heavy (non-hydrogen) atoms. The van der Waals surface area contributed by atoms with Crippen LogP contribution in [-0.4, -0.2) is 27.5 Å². The van der Waals surface area contributed by atoms with Crippen molar-refractivity contribution in [2.75, 3.05) is 13.1 Å². The van der Waals surface area contributed by atoms with Crippen molar-refractivity contribution in [2.45, 2.75) is 32.7 Å². The van der Waals surface area contributed by atoms with E-state index in [1.165, 1.54) is 5.56 Å². The van der Waals surface area contributed by atoms with Crippen LogP contribution < -0.4 is 0 Å². The Bertz CT molecular complexity index is 925. The second-order valence-corrected chi connectivity index (χ2v) is 7.69. The summed E-state index contributed by atoms with van der Waals surface area (Å²) in [5, 5.41) is 8.99. The van der Waals surface area contributed by atoms with E-state index in [9.17, 15) is 0 Å². The number of nitrogens with zero attached hydrogens (tertiary/aromatic N) is 4. The van der Waals surface area contributed by atoms with E-state index in [4.69, 9.17) is 5.26 Å². The molecule has 4 rings (SSSR count). The third-order valence-corrected chi connectivity index (χ3v) is 5.64. The van der Waals surface area contributed by atoms with Crippen molar-refractivity contribution in [3.8, 4) is 11.8 Å². The number of likely N-dealkylation sites (tertiary alicyclic amines) is 1. The number of fused-ring (bicyclic) bond motifs is 1. The molecule has 0 N–H and O–H groups in total. The van der Waals surface area contributed by atoms with E-state index in [1.807, 2.05) is 24.5 Å². The molecule has 0 unspecified atom stereocenters. The number of hydrogen-bond donors (Lipinski definition) is 0. The van der Waals surface area contributed by atoms with Crippen molar-refractivity contribution in [3.63, 3.8) is 0 Å². The lowest BCUT2D eigenvalue weighted by Gasteiger charge is -2.38. The fourth-order valence-corrected chi connectivity index (χ4v) is 3.80. The molecule has 1 aromatic heterocycles. The number of rotatable bonds is 4. The lowest BCUT2D eigenvalue weighted by Crippen LogP contribution is -2.38. The molecule has 0 radical (unpaired) electrons. The standard InChI is InChI=1S/C22H24N4/c1-22(10-13-23)11-14-25(15-12-22)16-18-6-8-19(9-7-18)26-17-24-20-4-2-3-5-21(20)26/h2-9,17H,10-12,14-16H2,1H3. The summed E-state index contributed by atoms with van der Waals surface area (Å²) in [4.78, 5) is 6.97. The molecule has 1 fully saturated rings. The second kappa shape index (κ2) is 6.93. The Morgan fingerprint density at radius 1 is 1.08 bits per heavy atom. The Kier molecular flexibility index (Phi) is 4.48. The minimum absolute atomic E-state index is 0.206. The van der Waals surface area contributed by atoms with Crippen molar-refractivity contribution < 1.29 is 0 Å². The van der Waals surface area contributed by atoms with Gasteiger partial charge >= 0.3 is 0 Å². The zero-order valence-electron chi connectivity index (χ0n) is 15.2. The van der Waals surface area contributed by atoms with Crippen LogP contribution in [0, 0.1) is 16.7 Å². The topological polar surface area (TPSA) is 44.9 Å². The van der Waals surface area contributed by atoms with E-state index < -0.39 is 0 Å². The quantitative estimate of drug-likeness (QED) is 0.698. The summed E-state index contributed by atoms with van der Waals surface area (Å²) in [5.74, 6) is 0. The summed E-state index contributed by atoms with van der Waals surface area (Å²) >= 11 is 0. The van der Waals surface area contributed by atoms with Crippen LogP contribution in [0.15, 0.2) is 54.9 Å². The van der Waals surface area contributed by atoms with Crippen molar-refractivity contribution in [1.82, 2.24) is 14.5 Å². The molecule has 0 amide bonds. The maximum absolute atomic E-state index is 8.99. The van der Waals surface area contributed by atoms with Crippen LogP contribution >= 0.6 is 0 Å². The molecule has 0 atom stereocenters. The summed E-state index contributed by atoms with van der Waals surface area (Å²) in [6.45, 7) is 5.38. The highest BCUT2D eigenvalue weighted by atomic mass is 15.1. The highest BCUT2D eigenvalue weighted by molar-refractivity contribution is 5.77. The number of para-hydroxylation sites is 2. The Labute approximate surface area is 154 Å².